The van der Waals surface area contributed by atoms with Crippen LogP contribution in [0.15, 0.2) is 34.3 Å². The Hall–Kier alpha value is -1.98. The molecule has 1 atom stereocenters. The molecule has 152 valence electrons. The summed E-state index contributed by atoms with van der Waals surface area (Å²) in [7, 11) is -1.98. The molecule has 2 heterocycles. The van der Waals surface area contributed by atoms with Crippen molar-refractivity contribution in [3.63, 3.8) is 0 Å². The number of aryl methyl sites for hydroxylation is 2. The first-order chi connectivity index (χ1) is 13.2. The van der Waals surface area contributed by atoms with E-state index in [0.717, 1.165) is 5.56 Å². The van der Waals surface area contributed by atoms with Crippen LogP contribution in [0.4, 0.5) is 0 Å². The highest BCUT2D eigenvalue weighted by Gasteiger charge is 2.43. The summed E-state index contributed by atoms with van der Waals surface area (Å²) in [5, 5.41) is 11.7. The molecule has 0 radical (unpaired) electrons. The molecule has 0 unspecified atom stereocenters. The SMILES string of the molecule is Cc1ccc(S(=O)(=O)N2CCN(C(=O)CSc3nnnn3C)[C@H]2C(C)C)cc1. The second-order valence-corrected chi connectivity index (χ2v) is 9.88. The maximum Gasteiger partial charge on any atom is 0.244 e. The molecule has 11 heteroatoms. The van der Waals surface area contributed by atoms with Gasteiger partial charge in [-0.3, -0.25) is 4.79 Å². The van der Waals surface area contributed by atoms with Crippen LogP contribution in [0.25, 0.3) is 0 Å². The van der Waals surface area contributed by atoms with Crippen LogP contribution in [0.1, 0.15) is 19.4 Å². The first-order valence-electron chi connectivity index (χ1n) is 8.95. The summed E-state index contributed by atoms with van der Waals surface area (Å²) in [5.74, 6) is -0.0305. The van der Waals surface area contributed by atoms with Gasteiger partial charge in [-0.25, -0.2) is 13.1 Å². The smallest absolute Gasteiger partial charge is 0.244 e. The highest BCUT2D eigenvalue weighted by atomic mass is 32.2. The number of aromatic nitrogens is 4. The molecule has 1 saturated heterocycles. The predicted molar refractivity (Wildman–Crippen MR) is 105 cm³/mol. The van der Waals surface area contributed by atoms with Crippen molar-refractivity contribution in [3.05, 3.63) is 29.8 Å². The molecule has 1 aliphatic heterocycles. The van der Waals surface area contributed by atoms with Crippen LogP contribution in [0, 0.1) is 12.8 Å². The van der Waals surface area contributed by atoms with Crippen LogP contribution < -0.4 is 0 Å². The van der Waals surface area contributed by atoms with Gasteiger partial charge in [0.15, 0.2) is 0 Å². The number of amides is 1. The van der Waals surface area contributed by atoms with Crippen molar-refractivity contribution < 1.29 is 13.2 Å². The molecule has 9 nitrogen and oxygen atoms in total. The Morgan fingerprint density at radius 2 is 1.93 bits per heavy atom. The lowest BCUT2D eigenvalue weighted by Gasteiger charge is -2.32. The zero-order valence-electron chi connectivity index (χ0n) is 16.3. The van der Waals surface area contributed by atoms with Gasteiger partial charge in [-0.05, 0) is 35.4 Å². The van der Waals surface area contributed by atoms with Gasteiger partial charge in [-0.2, -0.15) is 4.31 Å². The quantitative estimate of drug-likeness (QED) is 0.641. The third kappa shape index (κ3) is 4.06. The van der Waals surface area contributed by atoms with Gasteiger partial charge >= 0.3 is 0 Å². The van der Waals surface area contributed by atoms with Gasteiger partial charge in [0.25, 0.3) is 0 Å². The number of carbonyl (C=O) groups excluding carboxylic acids is 1. The Labute approximate surface area is 169 Å². The fourth-order valence-electron chi connectivity index (χ4n) is 3.25. The molecule has 1 aliphatic rings. The Morgan fingerprint density at radius 3 is 2.50 bits per heavy atom. The van der Waals surface area contributed by atoms with Crippen LogP contribution in [0.2, 0.25) is 0 Å². The lowest BCUT2D eigenvalue weighted by Crippen LogP contribution is -2.48. The van der Waals surface area contributed by atoms with Crippen LogP contribution in [0.3, 0.4) is 0 Å². The van der Waals surface area contributed by atoms with E-state index < -0.39 is 16.2 Å². The lowest BCUT2D eigenvalue weighted by molar-refractivity contribution is -0.130. The van der Waals surface area contributed by atoms with E-state index >= 15 is 0 Å². The number of rotatable bonds is 6. The first-order valence-corrected chi connectivity index (χ1v) is 11.4. The molecule has 1 fully saturated rings. The van der Waals surface area contributed by atoms with Gasteiger partial charge in [0.1, 0.15) is 6.17 Å². The Balaban J connectivity index is 1.78. The van der Waals surface area contributed by atoms with Crippen molar-refractivity contribution in [2.75, 3.05) is 18.8 Å². The van der Waals surface area contributed by atoms with E-state index in [1.54, 1.807) is 36.2 Å². The largest absolute Gasteiger partial charge is 0.324 e. The minimum Gasteiger partial charge on any atom is -0.324 e. The number of carbonyl (C=O) groups is 1. The van der Waals surface area contributed by atoms with Crippen molar-refractivity contribution in [2.24, 2.45) is 13.0 Å². The van der Waals surface area contributed by atoms with Crippen LogP contribution in [-0.4, -0.2) is 68.7 Å². The number of sulfonamides is 1. The zero-order chi connectivity index (χ0) is 20.5. The summed E-state index contributed by atoms with van der Waals surface area (Å²) >= 11 is 1.24. The monoisotopic (exact) mass is 424 g/mol. The number of nitrogens with zero attached hydrogens (tertiary/aromatic N) is 6. The standard InChI is InChI=1S/C17H24N6O3S2/c1-12(2)16-22(15(24)11-27-17-18-19-20-21(17)4)9-10-23(16)28(25,26)14-7-5-13(3)6-8-14/h5-8,12,16H,9-11H2,1-4H3/t16-/m1/s1. The van der Waals surface area contributed by atoms with Gasteiger partial charge in [0, 0.05) is 20.1 Å². The molecule has 2 aromatic rings. The van der Waals surface area contributed by atoms with Gasteiger partial charge in [0.05, 0.1) is 10.6 Å². The fraction of sp³-hybridized carbons (Fsp3) is 0.529. The third-order valence-corrected chi connectivity index (χ3v) is 7.51. The van der Waals surface area contributed by atoms with Gasteiger partial charge in [0.2, 0.25) is 21.1 Å². The van der Waals surface area contributed by atoms with Crippen molar-refractivity contribution in [1.29, 1.82) is 0 Å². The molecule has 3 rings (SSSR count). The van der Waals surface area contributed by atoms with Crippen molar-refractivity contribution in [3.8, 4) is 0 Å². The van der Waals surface area contributed by atoms with E-state index in [1.807, 2.05) is 20.8 Å². The zero-order valence-corrected chi connectivity index (χ0v) is 17.9. The van der Waals surface area contributed by atoms with Gasteiger partial charge < -0.3 is 4.90 Å². The van der Waals surface area contributed by atoms with E-state index in [2.05, 4.69) is 15.5 Å². The maximum atomic E-state index is 13.2. The summed E-state index contributed by atoms with van der Waals surface area (Å²) in [6.45, 7) is 6.40. The molecule has 0 aliphatic carbocycles. The summed E-state index contributed by atoms with van der Waals surface area (Å²) in [4.78, 5) is 14.7. The maximum absolute atomic E-state index is 13.2. The minimum atomic E-state index is -3.68. The molecular weight excluding hydrogens is 400 g/mol. The van der Waals surface area contributed by atoms with Crippen LogP contribution in [-0.2, 0) is 21.9 Å². The molecule has 0 bridgehead atoms. The summed E-state index contributed by atoms with van der Waals surface area (Å²) in [5.41, 5.74) is 0.993. The Morgan fingerprint density at radius 1 is 1.25 bits per heavy atom. The molecule has 1 aromatic carbocycles. The number of hydrogen-bond acceptors (Lipinski definition) is 7. The Bertz CT molecular complexity index is 942. The minimum absolute atomic E-state index is 0.0480. The fourth-order valence-corrected chi connectivity index (χ4v) is 5.70. The number of thioether (sulfide) groups is 1. The average Bonchev–Trinajstić information content (AvgIpc) is 3.27. The van der Waals surface area contributed by atoms with Gasteiger partial charge in [-0.1, -0.05) is 43.3 Å². The first kappa shape index (κ1) is 20.7. The number of hydrogen-bond donors (Lipinski definition) is 0. The van der Waals surface area contributed by atoms with E-state index in [4.69, 9.17) is 0 Å². The van der Waals surface area contributed by atoms with Crippen LogP contribution in [0.5, 0.6) is 0 Å². The molecular formula is C17H24N6O3S2. The highest BCUT2D eigenvalue weighted by molar-refractivity contribution is 7.99. The second kappa shape index (κ2) is 8.18. The molecule has 28 heavy (non-hydrogen) atoms. The average molecular weight is 425 g/mol. The van der Waals surface area contributed by atoms with Crippen molar-refractivity contribution >= 4 is 27.7 Å². The van der Waals surface area contributed by atoms with E-state index in [1.165, 1.54) is 20.7 Å². The van der Waals surface area contributed by atoms with Crippen LogP contribution >= 0.6 is 11.8 Å². The second-order valence-electron chi connectivity index (χ2n) is 7.05. The summed E-state index contributed by atoms with van der Waals surface area (Å²) < 4.78 is 29.3. The third-order valence-electron chi connectivity index (χ3n) is 4.63. The van der Waals surface area contributed by atoms with Crippen molar-refractivity contribution in [2.45, 2.75) is 37.0 Å². The normalized spacial score (nSPS) is 18.2. The molecule has 1 aromatic heterocycles. The summed E-state index contributed by atoms with van der Waals surface area (Å²) in [6, 6.07) is 6.79. The number of tetrazole rings is 1. The summed E-state index contributed by atoms with van der Waals surface area (Å²) in [6.07, 6.45) is -0.517. The van der Waals surface area contributed by atoms with E-state index in [0.29, 0.717) is 11.7 Å². The van der Waals surface area contributed by atoms with Crippen molar-refractivity contribution in [1.82, 2.24) is 29.4 Å². The van der Waals surface area contributed by atoms with Gasteiger partial charge in [-0.15, -0.1) is 5.10 Å². The molecule has 0 N–H and O–H groups in total. The molecule has 1 amide bonds. The van der Waals surface area contributed by atoms with E-state index in [-0.39, 0.29) is 29.0 Å². The lowest BCUT2D eigenvalue weighted by atomic mass is 10.1. The molecule has 0 saturated carbocycles. The predicted octanol–water partition coefficient (Wildman–Crippen LogP) is 1.13. The highest BCUT2D eigenvalue weighted by Crippen LogP contribution is 2.29. The topological polar surface area (TPSA) is 101 Å². The van der Waals surface area contributed by atoms with E-state index in [9.17, 15) is 13.2 Å². The Kier molecular flexibility index (Phi) is 6.06. The number of benzene rings is 1. The molecule has 0 spiro atoms.